The number of aromatic nitrogens is 4. The molecule has 0 aliphatic heterocycles. The third-order valence-corrected chi connectivity index (χ3v) is 5.27. The van der Waals surface area contributed by atoms with Crippen molar-refractivity contribution in [3.63, 3.8) is 0 Å². The summed E-state index contributed by atoms with van der Waals surface area (Å²) in [5, 5.41) is 5.06. The Balaban J connectivity index is 0.00000306. The lowest BCUT2D eigenvalue weighted by atomic mass is 10.3. The summed E-state index contributed by atoms with van der Waals surface area (Å²) in [5.74, 6) is 1.45. The van der Waals surface area contributed by atoms with Crippen LogP contribution in [0.5, 0.6) is 0 Å². The van der Waals surface area contributed by atoms with E-state index in [9.17, 15) is 0 Å². The minimum atomic E-state index is 0. The van der Waals surface area contributed by atoms with Gasteiger partial charge in [0.1, 0.15) is 5.02 Å². The molecular weight excluding hydrogens is 457 g/mol. The first-order valence-corrected chi connectivity index (χ1v) is 10.5. The van der Waals surface area contributed by atoms with Gasteiger partial charge in [0.2, 0.25) is 0 Å². The first-order valence-electron chi connectivity index (χ1n) is 10.1. The van der Waals surface area contributed by atoms with Gasteiger partial charge in [-0.05, 0) is 28.6 Å². The van der Waals surface area contributed by atoms with Gasteiger partial charge in [-0.3, -0.25) is 0 Å². The maximum atomic E-state index is 6.76. The zero-order valence-corrected chi connectivity index (χ0v) is 20.4. The van der Waals surface area contributed by atoms with Gasteiger partial charge in [-0.2, -0.15) is 0 Å². The van der Waals surface area contributed by atoms with E-state index in [1.807, 2.05) is 127 Å². The Kier molecular flexibility index (Phi) is 7.68. The molecular formula is C24H25Cl2N7. The van der Waals surface area contributed by atoms with Crippen LogP contribution in [0.3, 0.4) is 0 Å². The van der Waals surface area contributed by atoms with Crippen molar-refractivity contribution in [1.82, 2.24) is 9.97 Å². The molecule has 0 saturated heterocycles. The lowest BCUT2D eigenvalue weighted by Gasteiger charge is -2.18. The Labute approximate surface area is 205 Å². The van der Waals surface area contributed by atoms with E-state index in [2.05, 4.69) is 10.3 Å². The number of hydrogen-bond donors (Lipinski definition) is 0. The average molecular weight is 482 g/mol. The summed E-state index contributed by atoms with van der Waals surface area (Å²) in [4.78, 5) is 13.5. The second-order valence-corrected chi connectivity index (χ2v) is 8.03. The molecule has 0 saturated carbocycles. The maximum Gasteiger partial charge on any atom is 0.350 e. The van der Waals surface area contributed by atoms with Gasteiger partial charge < -0.3 is 32.5 Å². The Hall–Kier alpha value is -3.42. The van der Waals surface area contributed by atoms with Crippen molar-refractivity contribution in [3.8, 4) is 11.8 Å². The highest BCUT2D eigenvalue weighted by molar-refractivity contribution is 6.34. The Morgan fingerprint density at radius 3 is 1.76 bits per heavy atom. The third-order valence-electron chi connectivity index (χ3n) is 4.93. The first kappa shape index (κ1) is 24.2. The van der Waals surface area contributed by atoms with Gasteiger partial charge in [0.05, 0.1) is 24.8 Å². The summed E-state index contributed by atoms with van der Waals surface area (Å²) in [5.41, 5.74) is 2.93. The molecule has 0 fully saturated rings. The van der Waals surface area contributed by atoms with Crippen LogP contribution in [-0.4, -0.2) is 38.2 Å². The maximum absolute atomic E-state index is 6.76. The molecule has 0 amide bonds. The SMILES string of the molecule is CN(C)c1cc[n+](-c2nc([N-]c3ccccc3)c(Cl)c(-[n+]3ccc(N(C)C)cc3)n2)cc1.[Cl-]. The highest BCUT2D eigenvalue weighted by Gasteiger charge is 2.19. The number of rotatable bonds is 6. The number of hydrogen-bond acceptors (Lipinski definition) is 4. The van der Waals surface area contributed by atoms with Crippen LogP contribution in [0.4, 0.5) is 22.9 Å². The zero-order chi connectivity index (χ0) is 22.7. The molecule has 1 aromatic carbocycles. The summed E-state index contributed by atoms with van der Waals surface area (Å²) in [6.45, 7) is 0. The zero-order valence-electron chi connectivity index (χ0n) is 18.9. The van der Waals surface area contributed by atoms with E-state index in [1.54, 1.807) is 0 Å². The van der Waals surface area contributed by atoms with Crippen LogP contribution >= 0.6 is 11.6 Å². The topological polar surface area (TPSA) is 54.1 Å². The van der Waals surface area contributed by atoms with Gasteiger partial charge >= 0.3 is 11.8 Å². The number of para-hydroxylation sites is 1. The minimum absolute atomic E-state index is 0. The third kappa shape index (κ3) is 5.50. The van der Waals surface area contributed by atoms with Crippen LogP contribution < -0.4 is 31.3 Å². The second kappa shape index (κ2) is 10.5. The predicted molar refractivity (Wildman–Crippen MR) is 128 cm³/mol. The average Bonchev–Trinajstić information content (AvgIpc) is 2.81. The molecule has 9 heteroatoms. The molecule has 0 radical (unpaired) electrons. The highest BCUT2D eigenvalue weighted by atomic mass is 35.5. The van der Waals surface area contributed by atoms with E-state index >= 15 is 0 Å². The fourth-order valence-electron chi connectivity index (χ4n) is 3.11. The summed E-state index contributed by atoms with van der Waals surface area (Å²) >= 11 is 6.76. The Morgan fingerprint density at radius 2 is 1.24 bits per heavy atom. The van der Waals surface area contributed by atoms with Crippen LogP contribution in [0.1, 0.15) is 0 Å². The lowest BCUT2D eigenvalue weighted by Crippen LogP contribution is -3.00. The van der Waals surface area contributed by atoms with Gasteiger partial charge in [0.15, 0.2) is 0 Å². The van der Waals surface area contributed by atoms with Crippen LogP contribution in [0.15, 0.2) is 79.4 Å². The molecule has 4 rings (SSSR count). The fourth-order valence-corrected chi connectivity index (χ4v) is 3.33. The van der Waals surface area contributed by atoms with E-state index < -0.39 is 0 Å². The van der Waals surface area contributed by atoms with E-state index in [1.165, 1.54) is 0 Å². The molecule has 3 heterocycles. The second-order valence-electron chi connectivity index (χ2n) is 7.65. The molecule has 4 aromatic rings. The molecule has 7 nitrogen and oxygen atoms in total. The van der Waals surface area contributed by atoms with E-state index in [4.69, 9.17) is 16.6 Å². The van der Waals surface area contributed by atoms with Crippen LogP contribution in [0.25, 0.3) is 17.1 Å². The smallest absolute Gasteiger partial charge is 0.350 e. The van der Waals surface area contributed by atoms with Crippen molar-refractivity contribution in [2.75, 3.05) is 38.0 Å². The van der Waals surface area contributed by atoms with Crippen molar-refractivity contribution >= 4 is 34.5 Å². The molecule has 0 spiro atoms. The molecule has 33 heavy (non-hydrogen) atoms. The van der Waals surface area contributed by atoms with Crippen molar-refractivity contribution in [3.05, 3.63) is 89.7 Å². The van der Waals surface area contributed by atoms with Crippen molar-refractivity contribution in [1.29, 1.82) is 0 Å². The molecule has 3 aromatic heterocycles. The molecule has 170 valence electrons. The highest BCUT2D eigenvalue weighted by Crippen LogP contribution is 2.35. The summed E-state index contributed by atoms with van der Waals surface area (Å²) in [6, 6.07) is 17.7. The standard InChI is InChI=1S/C24H25ClN7.ClH/c1-29(2)19-10-14-31(15-11-19)23-21(25)22(26-18-8-6-5-7-9-18)27-24(28-23)32-16-12-20(13-17-32)30(3)4;/h5-17H,1-4H3;1H/q+1;/p-1. The molecule has 0 N–H and O–H groups in total. The predicted octanol–water partition coefficient (Wildman–Crippen LogP) is 1.16. The molecule has 0 unspecified atom stereocenters. The largest absolute Gasteiger partial charge is 1.00 e. The van der Waals surface area contributed by atoms with Gasteiger partial charge in [-0.15, -0.1) is 0 Å². The van der Waals surface area contributed by atoms with E-state index in [0.717, 1.165) is 17.1 Å². The number of benzene rings is 1. The summed E-state index contributed by atoms with van der Waals surface area (Å²) in [7, 11) is 8.00. The minimum Gasteiger partial charge on any atom is -1.00 e. The molecule has 0 aliphatic rings. The van der Waals surface area contributed by atoms with Gasteiger partial charge in [0.25, 0.3) is 0 Å². The number of nitrogens with zero attached hydrogens (tertiary/aromatic N) is 7. The van der Waals surface area contributed by atoms with Gasteiger partial charge in [-0.1, -0.05) is 41.9 Å². The van der Waals surface area contributed by atoms with Gasteiger partial charge in [0, 0.05) is 51.7 Å². The van der Waals surface area contributed by atoms with E-state index in [0.29, 0.717) is 22.6 Å². The quantitative estimate of drug-likeness (QED) is 0.387. The Morgan fingerprint density at radius 1 is 0.727 bits per heavy atom. The number of anilines is 2. The van der Waals surface area contributed by atoms with E-state index in [-0.39, 0.29) is 12.4 Å². The van der Waals surface area contributed by atoms with Crippen LogP contribution in [-0.2, 0) is 0 Å². The Bertz CT molecular complexity index is 1200. The summed E-state index contributed by atoms with van der Waals surface area (Å²) in [6.07, 6.45) is 7.71. The fraction of sp³-hybridized carbons (Fsp3) is 0.167. The monoisotopic (exact) mass is 481 g/mol. The van der Waals surface area contributed by atoms with Crippen molar-refractivity contribution < 1.29 is 21.5 Å². The normalized spacial score (nSPS) is 10.3. The van der Waals surface area contributed by atoms with Crippen LogP contribution in [0.2, 0.25) is 5.02 Å². The summed E-state index contributed by atoms with van der Waals surface area (Å²) < 4.78 is 3.73. The number of halogens is 2. The van der Waals surface area contributed by atoms with Crippen LogP contribution in [0, 0.1) is 0 Å². The first-order chi connectivity index (χ1) is 15.4. The molecule has 0 atom stereocenters. The van der Waals surface area contributed by atoms with Crippen molar-refractivity contribution in [2.45, 2.75) is 0 Å². The molecule has 0 aliphatic carbocycles. The number of pyridine rings is 2. The lowest BCUT2D eigenvalue weighted by molar-refractivity contribution is -0.614. The molecule has 0 bridgehead atoms. The van der Waals surface area contributed by atoms with Gasteiger partial charge in [-0.25, -0.2) is 9.13 Å². The van der Waals surface area contributed by atoms with Crippen molar-refractivity contribution in [2.24, 2.45) is 0 Å².